The third kappa shape index (κ3) is 3.50. The molecule has 2 aromatic carbocycles. The van der Waals surface area contributed by atoms with Gasteiger partial charge in [-0.15, -0.1) is 0 Å². The maximum absolute atomic E-state index is 10.8. The van der Waals surface area contributed by atoms with Crippen LogP contribution in [-0.4, -0.2) is 13.4 Å². The van der Waals surface area contributed by atoms with Gasteiger partial charge in [-0.3, -0.25) is 4.79 Å². The molecule has 0 radical (unpaired) electrons. The van der Waals surface area contributed by atoms with E-state index in [1.54, 1.807) is 19.2 Å². The van der Waals surface area contributed by atoms with E-state index in [-0.39, 0.29) is 0 Å². The lowest BCUT2D eigenvalue weighted by molar-refractivity contribution is 0.112. The molecule has 0 N–H and O–H groups in total. The Morgan fingerprint density at radius 1 is 1.20 bits per heavy atom. The van der Waals surface area contributed by atoms with E-state index in [1.165, 1.54) is 5.56 Å². The second-order valence-corrected chi connectivity index (χ2v) is 5.59. The average Bonchev–Trinajstić information content (AvgIpc) is 2.47. The van der Waals surface area contributed by atoms with Crippen LogP contribution in [0.5, 0.6) is 11.5 Å². The van der Waals surface area contributed by atoms with Crippen LogP contribution in [0.4, 0.5) is 0 Å². The van der Waals surface area contributed by atoms with Gasteiger partial charge in [0.05, 0.1) is 10.7 Å². The highest BCUT2D eigenvalue weighted by Gasteiger charge is 2.11. The quantitative estimate of drug-likeness (QED) is 0.579. The van der Waals surface area contributed by atoms with Gasteiger partial charge in [-0.1, -0.05) is 29.8 Å². The van der Waals surface area contributed by atoms with Crippen molar-refractivity contribution in [3.05, 3.63) is 56.7 Å². The number of aldehydes is 1. The normalized spacial score (nSPS) is 10.2. The zero-order valence-corrected chi connectivity index (χ0v) is 13.5. The Morgan fingerprint density at radius 3 is 2.50 bits per heavy atom. The lowest BCUT2D eigenvalue weighted by Gasteiger charge is -2.13. The Balaban J connectivity index is 2.20. The number of halogens is 1. The first-order chi connectivity index (χ1) is 9.63. The molecule has 104 valence electrons. The Hall–Kier alpha value is -1.56. The van der Waals surface area contributed by atoms with Crippen molar-refractivity contribution in [3.63, 3.8) is 0 Å². The number of hydrogen-bond donors (Lipinski definition) is 0. The summed E-state index contributed by atoms with van der Waals surface area (Å²) < 4.78 is 12.0. The number of rotatable bonds is 5. The van der Waals surface area contributed by atoms with Crippen molar-refractivity contribution >= 4 is 28.9 Å². The largest absolute Gasteiger partial charge is 0.493 e. The van der Waals surface area contributed by atoms with E-state index in [0.29, 0.717) is 23.7 Å². The van der Waals surface area contributed by atoms with Gasteiger partial charge in [0.2, 0.25) is 0 Å². The molecule has 3 nitrogen and oxygen atoms in total. The fourth-order valence-corrected chi connectivity index (χ4v) is 2.57. The van der Waals surface area contributed by atoms with Crippen molar-refractivity contribution in [2.24, 2.45) is 0 Å². The van der Waals surface area contributed by atoms with Crippen LogP contribution in [0.1, 0.15) is 21.5 Å². The van der Waals surface area contributed by atoms with Gasteiger partial charge < -0.3 is 9.47 Å². The summed E-state index contributed by atoms with van der Waals surface area (Å²) in [6.45, 7) is 2.52. The number of carbonyl (C=O) groups is 1. The molecule has 4 heteroatoms. The van der Waals surface area contributed by atoms with Crippen molar-refractivity contribution in [1.29, 1.82) is 0 Å². The minimum Gasteiger partial charge on any atom is -0.493 e. The van der Waals surface area contributed by atoms with Crippen LogP contribution >= 0.6 is 22.6 Å². The van der Waals surface area contributed by atoms with E-state index >= 15 is 0 Å². The lowest BCUT2D eigenvalue weighted by atomic mass is 10.2. The molecular weight excluding hydrogens is 367 g/mol. The summed E-state index contributed by atoms with van der Waals surface area (Å²) >= 11 is 2.14. The first-order valence-electron chi connectivity index (χ1n) is 6.15. The first-order valence-corrected chi connectivity index (χ1v) is 7.23. The van der Waals surface area contributed by atoms with Crippen molar-refractivity contribution in [2.75, 3.05) is 7.11 Å². The molecule has 0 amide bonds. The predicted molar refractivity (Wildman–Crippen MR) is 86.6 cm³/mol. The third-order valence-electron chi connectivity index (χ3n) is 2.89. The van der Waals surface area contributed by atoms with Crippen LogP contribution in [0.25, 0.3) is 0 Å². The second-order valence-electron chi connectivity index (χ2n) is 4.43. The Kier molecular flexibility index (Phi) is 5.00. The summed E-state index contributed by atoms with van der Waals surface area (Å²) in [7, 11) is 1.57. The molecule has 0 bridgehead atoms. The van der Waals surface area contributed by atoms with Gasteiger partial charge in [0.1, 0.15) is 12.9 Å². The monoisotopic (exact) mass is 382 g/mol. The molecule has 0 fully saturated rings. The van der Waals surface area contributed by atoms with Crippen LogP contribution < -0.4 is 9.47 Å². The molecule has 0 saturated carbocycles. The van der Waals surface area contributed by atoms with Gasteiger partial charge in [0, 0.05) is 5.56 Å². The molecule has 0 spiro atoms. The molecule has 2 rings (SSSR count). The summed E-state index contributed by atoms with van der Waals surface area (Å²) in [6, 6.07) is 11.6. The van der Waals surface area contributed by atoms with E-state index in [0.717, 1.165) is 15.4 Å². The predicted octanol–water partition coefficient (Wildman–Crippen LogP) is 4.00. The highest BCUT2D eigenvalue weighted by Crippen LogP contribution is 2.34. The van der Waals surface area contributed by atoms with Crippen molar-refractivity contribution in [3.8, 4) is 11.5 Å². The highest BCUT2D eigenvalue weighted by molar-refractivity contribution is 14.1. The fraction of sp³-hybridized carbons (Fsp3) is 0.188. The summed E-state index contributed by atoms with van der Waals surface area (Å²) in [5, 5.41) is 0. The first kappa shape index (κ1) is 14.8. The topological polar surface area (TPSA) is 35.5 Å². The summed E-state index contributed by atoms with van der Waals surface area (Å²) in [5.74, 6) is 1.24. The maximum Gasteiger partial charge on any atom is 0.174 e. The number of carbonyl (C=O) groups excluding carboxylic acids is 1. The van der Waals surface area contributed by atoms with Crippen LogP contribution in [0, 0.1) is 10.5 Å². The van der Waals surface area contributed by atoms with Gasteiger partial charge in [-0.2, -0.15) is 0 Å². The van der Waals surface area contributed by atoms with E-state index in [1.807, 2.05) is 12.1 Å². The average molecular weight is 382 g/mol. The smallest absolute Gasteiger partial charge is 0.174 e. The minimum absolute atomic E-state index is 0.465. The molecule has 0 unspecified atom stereocenters. The fourth-order valence-electron chi connectivity index (χ4n) is 1.79. The van der Waals surface area contributed by atoms with Gasteiger partial charge in [-0.25, -0.2) is 0 Å². The van der Waals surface area contributed by atoms with E-state index in [9.17, 15) is 4.79 Å². The molecule has 0 aliphatic heterocycles. The number of benzene rings is 2. The molecule has 2 aromatic rings. The standard InChI is InChI=1S/C16H15IO3/c1-11-3-5-12(6-4-11)10-20-16-14(17)7-13(9-18)8-15(16)19-2/h3-9H,10H2,1-2H3. The summed E-state index contributed by atoms with van der Waals surface area (Å²) in [6.07, 6.45) is 0.800. The summed E-state index contributed by atoms with van der Waals surface area (Å²) in [4.78, 5) is 10.8. The number of methoxy groups -OCH3 is 1. The lowest BCUT2D eigenvalue weighted by Crippen LogP contribution is -2.00. The van der Waals surface area contributed by atoms with Crippen molar-refractivity contribution in [1.82, 2.24) is 0 Å². The molecule has 0 saturated heterocycles. The van der Waals surface area contributed by atoms with E-state index in [4.69, 9.17) is 9.47 Å². The van der Waals surface area contributed by atoms with Crippen molar-refractivity contribution < 1.29 is 14.3 Å². The Morgan fingerprint density at radius 2 is 1.90 bits per heavy atom. The van der Waals surface area contributed by atoms with E-state index < -0.39 is 0 Å². The molecule has 0 aliphatic carbocycles. The Labute approximate surface area is 132 Å². The third-order valence-corrected chi connectivity index (χ3v) is 3.69. The Bertz CT molecular complexity index is 606. The molecule has 0 heterocycles. The highest BCUT2D eigenvalue weighted by atomic mass is 127. The van der Waals surface area contributed by atoms with Crippen LogP contribution in [-0.2, 0) is 6.61 Å². The number of hydrogen-bond acceptors (Lipinski definition) is 3. The molecular formula is C16H15IO3. The zero-order valence-electron chi connectivity index (χ0n) is 11.4. The number of ether oxygens (including phenoxy) is 2. The van der Waals surface area contributed by atoms with Gasteiger partial charge >= 0.3 is 0 Å². The number of aryl methyl sites for hydroxylation is 1. The van der Waals surface area contributed by atoms with Gasteiger partial charge in [0.25, 0.3) is 0 Å². The van der Waals surface area contributed by atoms with Gasteiger partial charge in [0.15, 0.2) is 11.5 Å². The molecule has 0 aliphatic rings. The molecule has 20 heavy (non-hydrogen) atoms. The zero-order chi connectivity index (χ0) is 14.5. The molecule has 0 aromatic heterocycles. The second kappa shape index (κ2) is 6.74. The maximum atomic E-state index is 10.8. The molecule has 0 atom stereocenters. The minimum atomic E-state index is 0.465. The van der Waals surface area contributed by atoms with Crippen molar-refractivity contribution in [2.45, 2.75) is 13.5 Å². The van der Waals surface area contributed by atoms with Crippen LogP contribution in [0.15, 0.2) is 36.4 Å². The van der Waals surface area contributed by atoms with E-state index in [2.05, 4.69) is 41.6 Å². The van der Waals surface area contributed by atoms with Crippen LogP contribution in [0.3, 0.4) is 0 Å². The summed E-state index contributed by atoms with van der Waals surface area (Å²) in [5.41, 5.74) is 2.89. The SMILES string of the molecule is COc1cc(C=O)cc(I)c1OCc1ccc(C)cc1. The van der Waals surface area contributed by atoms with Crippen LogP contribution in [0.2, 0.25) is 0 Å². The van der Waals surface area contributed by atoms with Gasteiger partial charge in [-0.05, 0) is 47.2 Å².